The molecular weight excluding hydrogens is 266 g/mol. The van der Waals surface area contributed by atoms with Gasteiger partial charge in [-0.3, -0.25) is 4.79 Å². The summed E-state index contributed by atoms with van der Waals surface area (Å²) >= 11 is 0. The number of nitrogens with zero attached hydrogens (tertiary/aromatic N) is 1. The number of likely N-dealkylation sites (tertiary alicyclic amines) is 1. The molecule has 1 aliphatic rings. The lowest BCUT2D eigenvalue weighted by atomic mass is 10.0. The predicted octanol–water partition coefficient (Wildman–Crippen LogP) is 2.48. The quantitative estimate of drug-likeness (QED) is 0.818. The van der Waals surface area contributed by atoms with E-state index in [1.165, 1.54) is 19.3 Å². The highest BCUT2D eigenvalue weighted by Gasteiger charge is 2.18. The van der Waals surface area contributed by atoms with Crippen molar-refractivity contribution in [1.29, 1.82) is 0 Å². The molecule has 1 fully saturated rings. The number of carbonyl (C=O) groups excluding carboxylic acids is 1. The van der Waals surface area contributed by atoms with Gasteiger partial charge in [0.05, 0.1) is 12.8 Å². The first-order valence-electron chi connectivity index (χ1n) is 7.57. The second-order valence-corrected chi connectivity index (χ2v) is 5.64. The van der Waals surface area contributed by atoms with Gasteiger partial charge in [0, 0.05) is 30.8 Å². The summed E-state index contributed by atoms with van der Waals surface area (Å²) in [4.78, 5) is 14.5. The molecule has 116 valence electrons. The number of ether oxygens (including phenoxy) is 1. The Labute approximate surface area is 126 Å². The van der Waals surface area contributed by atoms with Gasteiger partial charge in [-0.1, -0.05) is 6.42 Å². The molecule has 1 aromatic carbocycles. The van der Waals surface area contributed by atoms with Crippen LogP contribution < -0.4 is 15.8 Å². The lowest BCUT2D eigenvalue weighted by molar-refractivity contribution is -0.116. The molecule has 21 heavy (non-hydrogen) atoms. The molecule has 1 atom stereocenters. The Morgan fingerprint density at radius 1 is 1.48 bits per heavy atom. The van der Waals surface area contributed by atoms with Crippen molar-refractivity contribution in [3.63, 3.8) is 0 Å². The number of rotatable bonds is 5. The van der Waals surface area contributed by atoms with E-state index in [2.05, 4.69) is 17.1 Å². The lowest BCUT2D eigenvalue weighted by Gasteiger charge is -2.33. The molecule has 3 N–H and O–H groups in total. The van der Waals surface area contributed by atoms with Crippen molar-refractivity contribution in [1.82, 2.24) is 4.90 Å². The Morgan fingerprint density at radius 2 is 2.29 bits per heavy atom. The molecule has 0 bridgehead atoms. The maximum absolute atomic E-state index is 12.1. The number of anilines is 2. The van der Waals surface area contributed by atoms with Crippen LogP contribution in [0.3, 0.4) is 0 Å². The van der Waals surface area contributed by atoms with Gasteiger partial charge in [-0.25, -0.2) is 0 Å². The van der Waals surface area contributed by atoms with Gasteiger partial charge in [-0.05, 0) is 38.4 Å². The smallest absolute Gasteiger partial charge is 0.225 e. The SMILES string of the molecule is COc1cc(N)ccc1NC(=O)CCN1CCCCC1C. The Bertz CT molecular complexity index is 490. The third-order valence-electron chi connectivity index (χ3n) is 4.07. The molecule has 0 spiro atoms. The highest BCUT2D eigenvalue weighted by Crippen LogP contribution is 2.26. The average Bonchev–Trinajstić information content (AvgIpc) is 2.48. The molecule has 5 nitrogen and oxygen atoms in total. The molecule has 5 heteroatoms. The first-order chi connectivity index (χ1) is 10.1. The predicted molar refractivity (Wildman–Crippen MR) is 85.5 cm³/mol. The van der Waals surface area contributed by atoms with Gasteiger partial charge in [0.15, 0.2) is 0 Å². The minimum absolute atomic E-state index is 0.0100. The van der Waals surface area contributed by atoms with Crippen LogP contribution in [0.4, 0.5) is 11.4 Å². The number of nitrogens with two attached hydrogens (primary N) is 1. The molecule has 0 saturated carbocycles. The number of carbonyl (C=O) groups is 1. The first kappa shape index (κ1) is 15.6. The van der Waals surface area contributed by atoms with Gasteiger partial charge in [0.1, 0.15) is 5.75 Å². The van der Waals surface area contributed by atoms with Crippen LogP contribution in [0.15, 0.2) is 18.2 Å². The van der Waals surface area contributed by atoms with Gasteiger partial charge >= 0.3 is 0 Å². The van der Waals surface area contributed by atoms with E-state index in [1.807, 2.05) is 0 Å². The summed E-state index contributed by atoms with van der Waals surface area (Å²) in [5.74, 6) is 0.602. The topological polar surface area (TPSA) is 67.6 Å². The largest absolute Gasteiger partial charge is 0.494 e. The number of benzene rings is 1. The number of nitrogens with one attached hydrogen (secondary N) is 1. The molecule has 0 aromatic heterocycles. The Hall–Kier alpha value is -1.75. The summed E-state index contributed by atoms with van der Waals surface area (Å²) in [6.45, 7) is 4.14. The summed E-state index contributed by atoms with van der Waals surface area (Å²) in [5, 5.41) is 2.90. The van der Waals surface area contributed by atoms with Crippen molar-refractivity contribution in [2.75, 3.05) is 31.2 Å². The summed E-state index contributed by atoms with van der Waals surface area (Å²) < 4.78 is 5.23. The maximum atomic E-state index is 12.1. The van der Waals surface area contributed by atoms with Crippen molar-refractivity contribution in [2.45, 2.75) is 38.6 Å². The van der Waals surface area contributed by atoms with Crippen molar-refractivity contribution in [3.8, 4) is 5.75 Å². The van der Waals surface area contributed by atoms with E-state index in [0.717, 1.165) is 13.1 Å². The zero-order valence-corrected chi connectivity index (χ0v) is 12.9. The minimum atomic E-state index is 0.0100. The van der Waals surface area contributed by atoms with E-state index in [9.17, 15) is 4.79 Å². The number of amides is 1. The Balaban J connectivity index is 1.87. The molecule has 1 heterocycles. The second kappa shape index (κ2) is 7.31. The number of piperidine rings is 1. The standard InChI is InChI=1S/C16H25N3O2/c1-12-5-3-4-9-19(12)10-8-16(20)18-14-7-6-13(17)11-15(14)21-2/h6-7,11-12H,3-5,8-10,17H2,1-2H3,(H,18,20). The molecule has 1 amide bonds. The molecule has 0 aliphatic carbocycles. The van der Waals surface area contributed by atoms with Gasteiger partial charge in [0.2, 0.25) is 5.91 Å². The summed E-state index contributed by atoms with van der Waals surface area (Å²) in [6.07, 6.45) is 4.26. The fraction of sp³-hybridized carbons (Fsp3) is 0.562. The third-order valence-corrected chi connectivity index (χ3v) is 4.07. The summed E-state index contributed by atoms with van der Waals surface area (Å²) in [5.41, 5.74) is 6.99. The van der Waals surface area contributed by atoms with E-state index in [0.29, 0.717) is 29.6 Å². The van der Waals surface area contributed by atoms with Crippen LogP contribution in [0.25, 0.3) is 0 Å². The number of hydrogen-bond acceptors (Lipinski definition) is 4. The van der Waals surface area contributed by atoms with Gasteiger partial charge < -0.3 is 20.7 Å². The Kier molecular flexibility index (Phi) is 5.44. The van der Waals surface area contributed by atoms with Crippen molar-refractivity contribution in [3.05, 3.63) is 18.2 Å². The molecule has 2 rings (SSSR count). The van der Waals surface area contributed by atoms with Crippen LogP contribution in [0.1, 0.15) is 32.6 Å². The van der Waals surface area contributed by atoms with Crippen molar-refractivity contribution < 1.29 is 9.53 Å². The van der Waals surface area contributed by atoms with E-state index in [1.54, 1.807) is 25.3 Å². The number of hydrogen-bond donors (Lipinski definition) is 2. The van der Waals surface area contributed by atoms with E-state index < -0.39 is 0 Å². The zero-order chi connectivity index (χ0) is 15.2. The van der Waals surface area contributed by atoms with Crippen LogP contribution in [-0.2, 0) is 4.79 Å². The van der Waals surface area contributed by atoms with Crippen LogP contribution in [0.5, 0.6) is 5.75 Å². The van der Waals surface area contributed by atoms with Crippen LogP contribution in [0, 0.1) is 0 Å². The summed E-state index contributed by atoms with van der Waals surface area (Å²) in [6, 6.07) is 5.82. The highest BCUT2D eigenvalue weighted by molar-refractivity contribution is 5.92. The first-order valence-corrected chi connectivity index (χ1v) is 7.57. The van der Waals surface area contributed by atoms with Gasteiger partial charge in [0.25, 0.3) is 0 Å². The van der Waals surface area contributed by atoms with Gasteiger partial charge in [-0.2, -0.15) is 0 Å². The Morgan fingerprint density at radius 3 is 3.00 bits per heavy atom. The minimum Gasteiger partial charge on any atom is -0.494 e. The van der Waals surface area contributed by atoms with Crippen molar-refractivity contribution >= 4 is 17.3 Å². The van der Waals surface area contributed by atoms with E-state index in [4.69, 9.17) is 10.5 Å². The summed E-state index contributed by atoms with van der Waals surface area (Å²) in [7, 11) is 1.57. The van der Waals surface area contributed by atoms with Crippen LogP contribution in [0.2, 0.25) is 0 Å². The highest BCUT2D eigenvalue weighted by atomic mass is 16.5. The van der Waals surface area contributed by atoms with E-state index in [-0.39, 0.29) is 5.91 Å². The van der Waals surface area contributed by atoms with Crippen LogP contribution in [-0.4, -0.2) is 37.0 Å². The fourth-order valence-corrected chi connectivity index (χ4v) is 2.76. The number of methoxy groups -OCH3 is 1. The molecule has 1 unspecified atom stereocenters. The fourth-order valence-electron chi connectivity index (χ4n) is 2.76. The maximum Gasteiger partial charge on any atom is 0.225 e. The molecule has 0 radical (unpaired) electrons. The average molecular weight is 291 g/mol. The number of nitrogen functional groups attached to an aromatic ring is 1. The zero-order valence-electron chi connectivity index (χ0n) is 12.9. The van der Waals surface area contributed by atoms with Crippen LogP contribution >= 0.6 is 0 Å². The molecular formula is C16H25N3O2. The normalized spacial score (nSPS) is 19.2. The second-order valence-electron chi connectivity index (χ2n) is 5.64. The molecule has 1 aliphatic heterocycles. The molecule has 1 saturated heterocycles. The molecule has 1 aromatic rings. The van der Waals surface area contributed by atoms with E-state index >= 15 is 0 Å². The third kappa shape index (κ3) is 4.36. The van der Waals surface area contributed by atoms with Gasteiger partial charge in [-0.15, -0.1) is 0 Å². The lowest BCUT2D eigenvalue weighted by Crippen LogP contribution is -2.39. The van der Waals surface area contributed by atoms with Crippen molar-refractivity contribution in [2.24, 2.45) is 0 Å². The monoisotopic (exact) mass is 291 g/mol.